The molecule has 0 fully saturated rings. The molecule has 0 aromatic carbocycles. The zero-order valence-electron chi connectivity index (χ0n) is 12.4. The quantitative estimate of drug-likeness (QED) is 0.758. The van der Waals surface area contributed by atoms with Gasteiger partial charge in [-0.1, -0.05) is 20.8 Å². The maximum Gasteiger partial charge on any atom is 0.142 e. The summed E-state index contributed by atoms with van der Waals surface area (Å²) in [5.74, 6) is 1.37. The summed E-state index contributed by atoms with van der Waals surface area (Å²) in [6.07, 6.45) is 0.276. The molecule has 19 heavy (non-hydrogen) atoms. The highest BCUT2D eigenvalue weighted by molar-refractivity contribution is 5.29. The Morgan fingerprint density at radius 3 is 2.74 bits per heavy atom. The lowest BCUT2D eigenvalue weighted by Crippen LogP contribution is -2.21. The number of ether oxygens (including phenoxy) is 1. The van der Waals surface area contributed by atoms with Crippen LogP contribution in [-0.4, -0.2) is 29.3 Å². The van der Waals surface area contributed by atoms with Crippen LogP contribution in [0.5, 0.6) is 5.75 Å². The van der Waals surface area contributed by atoms with Crippen LogP contribution in [0.15, 0.2) is 12.1 Å². The summed E-state index contributed by atoms with van der Waals surface area (Å²) >= 11 is 0. The van der Waals surface area contributed by atoms with Gasteiger partial charge in [0.1, 0.15) is 12.4 Å². The summed E-state index contributed by atoms with van der Waals surface area (Å²) in [7, 11) is 0. The molecule has 0 aliphatic heterocycles. The van der Waals surface area contributed by atoms with Gasteiger partial charge < -0.3 is 15.2 Å². The minimum absolute atomic E-state index is 0.318. The Balaban J connectivity index is 2.63. The molecule has 4 nitrogen and oxygen atoms in total. The van der Waals surface area contributed by atoms with E-state index in [0.717, 1.165) is 23.7 Å². The number of aromatic nitrogens is 1. The number of aliphatic hydroxyl groups is 1. The van der Waals surface area contributed by atoms with Crippen LogP contribution in [0.3, 0.4) is 0 Å². The van der Waals surface area contributed by atoms with Gasteiger partial charge in [-0.25, -0.2) is 0 Å². The van der Waals surface area contributed by atoms with Crippen LogP contribution >= 0.6 is 0 Å². The van der Waals surface area contributed by atoms with E-state index in [1.165, 1.54) is 0 Å². The molecule has 2 N–H and O–H groups in total. The first-order valence-corrected chi connectivity index (χ1v) is 7.01. The number of hydrogen-bond acceptors (Lipinski definition) is 4. The van der Waals surface area contributed by atoms with Crippen LogP contribution < -0.4 is 10.1 Å². The number of aliphatic hydroxyl groups excluding tert-OH is 1. The Hall–Kier alpha value is -1.13. The fourth-order valence-electron chi connectivity index (χ4n) is 1.64. The molecule has 1 aromatic heterocycles. The number of nitrogens with one attached hydrogen (secondary N) is 1. The zero-order chi connectivity index (χ0) is 14.3. The predicted octanol–water partition coefficient (Wildman–Crippen LogP) is 2.29. The molecule has 0 spiro atoms. The first kappa shape index (κ1) is 15.9. The summed E-state index contributed by atoms with van der Waals surface area (Å²) in [5, 5.41) is 12.9. The van der Waals surface area contributed by atoms with E-state index in [-0.39, 0.29) is 0 Å². The molecule has 0 saturated carbocycles. The lowest BCUT2D eigenvalue weighted by Gasteiger charge is -2.15. The van der Waals surface area contributed by atoms with Gasteiger partial charge in [0.15, 0.2) is 0 Å². The third-order valence-electron chi connectivity index (χ3n) is 2.82. The van der Waals surface area contributed by atoms with Gasteiger partial charge in [0.25, 0.3) is 0 Å². The van der Waals surface area contributed by atoms with Crippen molar-refractivity contribution in [1.29, 1.82) is 0 Å². The highest BCUT2D eigenvalue weighted by Gasteiger charge is 2.08. The van der Waals surface area contributed by atoms with E-state index in [2.05, 4.69) is 24.1 Å². The summed E-state index contributed by atoms with van der Waals surface area (Å²) in [6.45, 7) is 10.2. The SMILES string of the molecule is CCC(O)COc1ccc(C)nc1CNCC(C)C. The molecule has 1 unspecified atom stereocenters. The highest BCUT2D eigenvalue weighted by atomic mass is 16.5. The Morgan fingerprint density at radius 2 is 2.11 bits per heavy atom. The van der Waals surface area contributed by atoms with Crippen molar-refractivity contribution in [1.82, 2.24) is 10.3 Å². The number of rotatable bonds is 8. The first-order valence-electron chi connectivity index (χ1n) is 7.01. The molecule has 0 radical (unpaired) electrons. The van der Waals surface area contributed by atoms with Crippen molar-refractivity contribution in [3.63, 3.8) is 0 Å². The second kappa shape index (κ2) is 8.12. The van der Waals surface area contributed by atoms with Crippen molar-refractivity contribution in [2.75, 3.05) is 13.2 Å². The second-order valence-corrected chi connectivity index (χ2v) is 5.30. The van der Waals surface area contributed by atoms with Crippen molar-refractivity contribution >= 4 is 0 Å². The number of pyridine rings is 1. The van der Waals surface area contributed by atoms with E-state index < -0.39 is 6.10 Å². The van der Waals surface area contributed by atoms with Crippen molar-refractivity contribution in [2.45, 2.75) is 46.8 Å². The van der Waals surface area contributed by atoms with Crippen LogP contribution in [0, 0.1) is 12.8 Å². The Labute approximate surface area is 116 Å². The van der Waals surface area contributed by atoms with Gasteiger partial charge >= 0.3 is 0 Å². The molecule has 108 valence electrons. The highest BCUT2D eigenvalue weighted by Crippen LogP contribution is 2.17. The third-order valence-corrected chi connectivity index (χ3v) is 2.82. The molecular formula is C15H26N2O2. The van der Waals surface area contributed by atoms with Crippen LogP contribution in [0.2, 0.25) is 0 Å². The predicted molar refractivity (Wildman–Crippen MR) is 77.3 cm³/mol. The van der Waals surface area contributed by atoms with Gasteiger partial charge in [0.05, 0.1) is 11.8 Å². The van der Waals surface area contributed by atoms with Crippen LogP contribution in [-0.2, 0) is 6.54 Å². The average Bonchev–Trinajstić information content (AvgIpc) is 2.37. The van der Waals surface area contributed by atoms with Gasteiger partial charge in [-0.3, -0.25) is 4.98 Å². The number of hydrogen-bond donors (Lipinski definition) is 2. The standard InChI is InChI=1S/C15H26N2O2/c1-5-13(18)10-19-15-7-6-12(4)17-14(15)9-16-8-11(2)3/h6-7,11,13,16,18H,5,8-10H2,1-4H3. The molecular weight excluding hydrogens is 240 g/mol. The molecule has 1 aromatic rings. The fraction of sp³-hybridized carbons (Fsp3) is 0.667. The Morgan fingerprint density at radius 1 is 1.37 bits per heavy atom. The zero-order valence-corrected chi connectivity index (χ0v) is 12.4. The molecule has 0 aliphatic carbocycles. The van der Waals surface area contributed by atoms with Gasteiger partial charge in [-0.05, 0) is 37.9 Å². The van der Waals surface area contributed by atoms with E-state index in [4.69, 9.17) is 4.74 Å². The van der Waals surface area contributed by atoms with Gasteiger partial charge in [-0.2, -0.15) is 0 Å². The third kappa shape index (κ3) is 6.03. The van der Waals surface area contributed by atoms with Crippen LogP contribution in [0.25, 0.3) is 0 Å². The maximum atomic E-state index is 9.55. The molecule has 1 rings (SSSR count). The minimum Gasteiger partial charge on any atom is -0.489 e. The summed E-state index contributed by atoms with van der Waals surface area (Å²) in [5.41, 5.74) is 1.88. The normalized spacial score (nSPS) is 12.7. The average molecular weight is 266 g/mol. The fourth-order valence-corrected chi connectivity index (χ4v) is 1.64. The maximum absolute atomic E-state index is 9.55. The number of nitrogens with zero attached hydrogens (tertiary/aromatic N) is 1. The Kier molecular flexibility index (Phi) is 6.81. The van der Waals surface area contributed by atoms with E-state index in [0.29, 0.717) is 25.5 Å². The topological polar surface area (TPSA) is 54.4 Å². The van der Waals surface area contributed by atoms with E-state index >= 15 is 0 Å². The molecule has 1 atom stereocenters. The lowest BCUT2D eigenvalue weighted by molar-refractivity contribution is 0.103. The molecule has 0 aliphatic rings. The van der Waals surface area contributed by atoms with Crippen molar-refractivity contribution in [3.05, 3.63) is 23.5 Å². The van der Waals surface area contributed by atoms with Crippen molar-refractivity contribution in [2.24, 2.45) is 5.92 Å². The molecule has 0 bridgehead atoms. The largest absolute Gasteiger partial charge is 0.489 e. The van der Waals surface area contributed by atoms with Gasteiger partial charge in [0, 0.05) is 12.2 Å². The van der Waals surface area contributed by atoms with Crippen molar-refractivity contribution < 1.29 is 9.84 Å². The van der Waals surface area contributed by atoms with Crippen molar-refractivity contribution in [3.8, 4) is 5.75 Å². The minimum atomic E-state index is -0.419. The Bertz CT molecular complexity index is 380. The first-order chi connectivity index (χ1) is 9.02. The lowest BCUT2D eigenvalue weighted by atomic mass is 10.2. The molecule has 1 heterocycles. The molecule has 4 heteroatoms. The van der Waals surface area contributed by atoms with E-state index in [9.17, 15) is 5.11 Å². The number of aryl methyl sites for hydroxylation is 1. The van der Waals surface area contributed by atoms with E-state index in [1.54, 1.807) is 0 Å². The van der Waals surface area contributed by atoms with Gasteiger partial charge in [-0.15, -0.1) is 0 Å². The van der Waals surface area contributed by atoms with Crippen LogP contribution in [0.4, 0.5) is 0 Å². The summed E-state index contributed by atoms with van der Waals surface area (Å²) < 4.78 is 5.65. The van der Waals surface area contributed by atoms with Gasteiger partial charge in [0.2, 0.25) is 0 Å². The smallest absolute Gasteiger partial charge is 0.142 e. The van der Waals surface area contributed by atoms with E-state index in [1.807, 2.05) is 26.0 Å². The summed E-state index contributed by atoms with van der Waals surface area (Å²) in [6, 6.07) is 3.86. The molecule has 0 saturated heterocycles. The second-order valence-electron chi connectivity index (χ2n) is 5.30. The monoisotopic (exact) mass is 266 g/mol. The molecule has 0 amide bonds. The van der Waals surface area contributed by atoms with Crippen LogP contribution in [0.1, 0.15) is 38.6 Å². The summed E-state index contributed by atoms with van der Waals surface area (Å²) in [4.78, 5) is 4.50.